The van der Waals surface area contributed by atoms with E-state index in [9.17, 15) is 0 Å². The Morgan fingerprint density at radius 2 is 1.65 bits per heavy atom. The number of nitrogens with zero attached hydrogens (tertiary/aromatic N) is 1. The number of rotatable bonds is 6. The fourth-order valence-electron chi connectivity index (χ4n) is 2.24. The molecule has 0 fully saturated rings. The number of halogens is 2. The largest absolute Gasteiger partial charge is 0.294 e. The SMILES string of the molecule is Cc1cc(CN(CCCl)Cc2ccccc2)ccc1Cl. The summed E-state index contributed by atoms with van der Waals surface area (Å²) in [6, 6.07) is 16.7. The monoisotopic (exact) mass is 307 g/mol. The molecule has 20 heavy (non-hydrogen) atoms. The van der Waals surface area contributed by atoms with Crippen LogP contribution in [0.25, 0.3) is 0 Å². The predicted octanol–water partition coefficient (Wildman–Crippen LogP) is 4.89. The lowest BCUT2D eigenvalue weighted by molar-refractivity contribution is 0.273. The summed E-state index contributed by atoms with van der Waals surface area (Å²) in [5, 5.41) is 0.820. The van der Waals surface area contributed by atoms with Crippen LogP contribution in [-0.4, -0.2) is 17.3 Å². The Balaban J connectivity index is 2.06. The van der Waals surface area contributed by atoms with Gasteiger partial charge in [-0.25, -0.2) is 0 Å². The highest BCUT2D eigenvalue weighted by Crippen LogP contribution is 2.18. The average Bonchev–Trinajstić information content (AvgIpc) is 2.44. The van der Waals surface area contributed by atoms with Gasteiger partial charge in [0, 0.05) is 30.5 Å². The van der Waals surface area contributed by atoms with E-state index in [1.807, 2.05) is 19.1 Å². The minimum absolute atomic E-state index is 0.638. The topological polar surface area (TPSA) is 3.24 Å². The Bertz CT molecular complexity index is 540. The highest BCUT2D eigenvalue weighted by atomic mass is 35.5. The van der Waals surface area contributed by atoms with Gasteiger partial charge < -0.3 is 0 Å². The van der Waals surface area contributed by atoms with Crippen LogP contribution in [0.15, 0.2) is 48.5 Å². The van der Waals surface area contributed by atoms with Gasteiger partial charge in [-0.2, -0.15) is 0 Å². The van der Waals surface area contributed by atoms with Crippen LogP contribution in [0.3, 0.4) is 0 Å². The molecule has 1 nitrogen and oxygen atoms in total. The van der Waals surface area contributed by atoms with E-state index in [1.165, 1.54) is 11.1 Å². The first kappa shape index (κ1) is 15.4. The molecule has 106 valence electrons. The molecule has 0 N–H and O–H groups in total. The van der Waals surface area contributed by atoms with Crippen LogP contribution in [0.5, 0.6) is 0 Å². The number of aryl methyl sites for hydroxylation is 1. The fourth-order valence-corrected chi connectivity index (χ4v) is 2.60. The maximum absolute atomic E-state index is 6.07. The molecule has 0 spiro atoms. The second-order valence-electron chi connectivity index (χ2n) is 4.97. The van der Waals surface area contributed by atoms with Gasteiger partial charge in [0.05, 0.1) is 0 Å². The summed E-state index contributed by atoms with van der Waals surface area (Å²) in [6.07, 6.45) is 0. The minimum Gasteiger partial charge on any atom is -0.294 e. The van der Waals surface area contributed by atoms with Crippen molar-refractivity contribution < 1.29 is 0 Å². The molecule has 0 aromatic heterocycles. The van der Waals surface area contributed by atoms with Crippen molar-refractivity contribution in [3.05, 3.63) is 70.2 Å². The van der Waals surface area contributed by atoms with Crippen LogP contribution < -0.4 is 0 Å². The Morgan fingerprint density at radius 1 is 0.950 bits per heavy atom. The summed E-state index contributed by atoms with van der Waals surface area (Å²) in [6.45, 7) is 4.71. The van der Waals surface area contributed by atoms with E-state index in [4.69, 9.17) is 23.2 Å². The van der Waals surface area contributed by atoms with Gasteiger partial charge in [-0.1, -0.05) is 54.1 Å². The zero-order valence-electron chi connectivity index (χ0n) is 11.7. The van der Waals surface area contributed by atoms with Crippen LogP contribution in [-0.2, 0) is 13.1 Å². The minimum atomic E-state index is 0.638. The van der Waals surface area contributed by atoms with Gasteiger partial charge in [0.15, 0.2) is 0 Å². The number of hydrogen-bond donors (Lipinski definition) is 0. The van der Waals surface area contributed by atoms with Gasteiger partial charge in [-0.15, -0.1) is 11.6 Å². The van der Waals surface area contributed by atoms with Gasteiger partial charge in [0.2, 0.25) is 0 Å². The molecule has 2 aromatic rings. The molecule has 0 aliphatic carbocycles. The predicted molar refractivity (Wildman–Crippen MR) is 87.5 cm³/mol. The molecule has 0 atom stereocenters. The standard InChI is InChI=1S/C17H19Cl2N/c1-14-11-16(7-8-17(14)19)13-20(10-9-18)12-15-5-3-2-4-6-15/h2-8,11H,9-10,12-13H2,1H3. The first-order valence-electron chi connectivity index (χ1n) is 6.76. The smallest absolute Gasteiger partial charge is 0.0435 e. The molecule has 0 aliphatic rings. The summed E-state index contributed by atoms with van der Waals surface area (Å²) in [7, 11) is 0. The summed E-state index contributed by atoms with van der Waals surface area (Å²) in [4.78, 5) is 2.35. The van der Waals surface area contributed by atoms with E-state index >= 15 is 0 Å². The number of benzene rings is 2. The third kappa shape index (κ3) is 4.52. The Kier molecular flexibility index (Phi) is 5.90. The zero-order valence-corrected chi connectivity index (χ0v) is 13.2. The highest BCUT2D eigenvalue weighted by molar-refractivity contribution is 6.31. The molecule has 2 aromatic carbocycles. The Hall–Kier alpha value is -1.02. The van der Waals surface area contributed by atoms with E-state index in [1.54, 1.807) is 0 Å². The summed E-state index contributed by atoms with van der Waals surface area (Å²) in [5.74, 6) is 0.638. The third-order valence-electron chi connectivity index (χ3n) is 3.28. The molecule has 0 radical (unpaired) electrons. The van der Waals surface area contributed by atoms with Crippen LogP contribution in [0, 0.1) is 6.92 Å². The van der Waals surface area contributed by atoms with Crippen LogP contribution in [0.4, 0.5) is 0 Å². The van der Waals surface area contributed by atoms with E-state index in [-0.39, 0.29) is 0 Å². The third-order valence-corrected chi connectivity index (χ3v) is 3.87. The Morgan fingerprint density at radius 3 is 2.30 bits per heavy atom. The van der Waals surface area contributed by atoms with Crippen molar-refractivity contribution in [2.75, 3.05) is 12.4 Å². The van der Waals surface area contributed by atoms with E-state index in [0.717, 1.165) is 30.2 Å². The molecule has 0 amide bonds. The highest BCUT2D eigenvalue weighted by Gasteiger charge is 2.07. The lowest BCUT2D eigenvalue weighted by Crippen LogP contribution is -2.25. The molecule has 2 rings (SSSR count). The van der Waals surface area contributed by atoms with Gasteiger partial charge >= 0.3 is 0 Å². The number of alkyl halides is 1. The summed E-state index contributed by atoms with van der Waals surface area (Å²) < 4.78 is 0. The normalized spacial score (nSPS) is 11.0. The average molecular weight is 308 g/mol. The van der Waals surface area contributed by atoms with Crippen LogP contribution in [0.2, 0.25) is 5.02 Å². The van der Waals surface area contributed by atoms with Crippen molar-refractivity contribution in [1.29, 1.82) is 0 Å². The van der Waals surface area contributed by atoms with Gasteiger partial charge in [-0.3, -0.25) is 4.90 Å². The van der Waals surface area contributed by atoms with Crippen molar-refractivity contribution >= 4 is 23.2 Å². The second-order valence-corrected chi connectivity index (χ2v) is 5.75. The Labute approximate surface area is 131 Å². The molecule has 0 heterocycles. The quantitative estimate of drug-likeness (QED) is 0.687. The molecular weight excluding hydrogens is 289 g/mol. The van der Waals surface area contributed by atoms with E-state index in [2.05, 4.69) is 41.3 Å². The molecule has 0 saturated heterocycles. The lowest BCUT2D eigenvalue weighted by Gasteiger charge is -2.21. The summed E-state index contributed by atoms with van der Waals surface area (Å²) >= 11 is 12.0. The van der Waals surface area contributed by atoms with Crippen molar-refractivity contribution in [3.8, 4) is 0 Å². The first-order valence-corrected chi connectivity index (χ1v) is 7.67. The van der Waals surface area contributed by atoms with Crippen molar-refractivity contribution in [3.63, 3.8) is 0 Å². The molecule has 0 aliphatic heterocycles. The van der Waals surface area contributed by atoms with E-state index < -0.39 is 0 Å². The molecule has 0 bridgehead atoms. The first-order chi connectivity index (χ1) is 9.69. The van der Waals surface area contributed by atoms with Crippen molar-refractivity contribution in [2.24, 2.45) is 0 Å². The fraction of sp³-hybridized carbons (Fsp3) is 0.294. The molecule has 3 heteroatoms. The summed E-state index contributed by atoms with van der Waals surface area (Å²) in [5.41, 5.74) is 3.70. The zero-order chi connectivity index (χ0) is 14.4. The number of hydrogen-bond acceptors (Lipinski definition) is 1. The van der Waals surface area contributed by atoms with Gasteiger partial charge in [0.1, 0.15) is 0 Å². The maximum atomic E-state index is 6.07. The van der Waals surface area contributed by atoms with Crippen molar-refractivity contribution in [2.45, 2.75) is 20.0 Å². The molecule has 0 saturated carbocycles. The van der Waals surface area contributed by atoms with Crippen LogP contribution >= 0.6 is 23.2 Å². The molecule has 0 unspecified atom stereocenters. The van der Waals surface area contributed by atoms with Crippen LogP contribution in [0.1, 0.15) is 16.7 Å². The van der Waals surface area contributed by atoms with Crippen molar-refractivity contribution in [1.82, 2.24) is 4.90 Å². The lowest BCUT2D eigenvalue weighted by atomic mass is 10.1. The molecular formula is C17H19Cl2N. The van der Waals surface area contributed by atoms with E-state index in [0.29, 0.717) is 5.88 Å². The maximum Gasteiger partial charge on any atom is 0.0435 e. The van der Waals surface area contributed by atoms with Gasteiger partial charge in [-0.05, 0) is 29.7 Å². The van der Waals surface area contributed by atoms with Gasteiger partial charge in [0.25, 0.3) is 0 Å². The second kappa shape index (κ2) is 7.68.